The summed E-state index contributed by atoms with van der Waals surface area (Å²) in [6, 6.07) is 6.23. The fraction of sp³-hybridized carbons (Fsp3) is 0.400. The van der Waals surface area contributed by atoms with E-state index in [1.807, 2.05) is 0 Å². The number of thioether (sulfide) groups is 1. The molecule has 118 valence electrons. The molecule has 1 unspecified atom stereocenters. The summed E-state index contributed by atoms with van der Waals surface area (Å²) in [5.74, 6) is -0.230. The average molecular weight is 337 g/mol. The van der Waals surface area contributed by atoms with Crippen LogP contribution in [0.3, 0.4) is 0 Å². The van der Waals surface area contributed by atoms with Crippen LogP contribution in [0.5, 0.6) is 0 Å². The van der Waals surface area contributed by atoms with Crippen molar-refractivity contribution in [3.63, 3.8) is 0 Å². The third-order valence-electron chi connectivity index (χ3n) is 2.78. The zero-order valence-electron chi connectivity index (χ0n) is 13.0. The molecule has 1 N–H and O–H groups in total. The summed E-state index contributed by atoms with van der Waals surface area (Å²) < 4.78 is 5.73. The van der Waals surface area contributed by atoms with E-state index in [2.05, 4.69) is 47.6 Å². The Labute approximate surface area is 138 Å². The lowest BCUT2D eigenvalue weighted by molar-refractivity contribution is -0.142. The van der Waals surface area contributed by atoms with Crippen LogP contribution in [-0.2, 0) is 9.53 Å². The van der Waals surface area contributed by atoms with E-state index in [4.69, 9.17) is 4.74 Å². The second-order valence-electron chi connectivity index (χ2n) is 4.89. The van der Waals surface area contributed by atoms with Crippen molar-refractivity contribution in [1.29, 1.82) is 0 Å². The van der Waals surface area contributed by atoms with Crippen LogP contribution < -0.4 is 5.32 Å². The van der Waals surface area contributed by atoms with Gasteiger partial charge in [0.05, 0.1) is 6.61 Å². The first-order valence-corrected chi connectivity index (χ1v) is 8.69. The second kappa shape index (κ2) is 7.60. The van der Waals surface area contributed by atoms with Crippen molar-refractivity contribution in [3.8, 4) is 0 Å². The third-order valence-corrected chi connectivity index (χ3v) is 4.78. The molecule has 0 spiro atoms. The molecule has 0 bridgehead atoms. The van der Waals surface area contributed by atoms with E-state index >= 15 is 0 Å². The molecule has 0 saturated carbocycles. The van der Waals surface area contributed by atoms with Gasteiger partial charge in [-0.1, -0.05) is 29.2 Å². The fourth-order valence-electron chi connectivity index (χ4n) is 1.94. The summed E-state index contributed by atoms with van der Waals surface area (Å²) in [4.78, 5) is 11.6. The molecule has 22 heavy (non-hydrogen) atoms. The van der Waals surface area contributed by atoms with Crippen molar-refractivity contribution >= 4 is 39.9 Å². The van der Waals surface area contributed by atoms with E-state index in [1.54, 1.807) is 13.8 Å². The van der Waals surface area contributed by atoms with Crippen LogP contribution in [0.15, 0.2) is 22.5 Å². The normalized spacial score (nSPS) is 12.0. The maximum absolute atomic E-state index is 11.6. The Bertz CT molecular complexity index is 638. The minimum atomic E-state index is -0.290. The number of nitrogens with one attached hydrogen (secondary N) is 1. The smallest absolute Gasteiger partial charge is 0.319 e. The minimum Gasteiger partial charge on any atom is -0.465 e. The van der Waals surface area contributed by atoms with Crippen LogP contribution in [0.1, 0.15) is 25.0 Å². The Morgan fingerprint density at radius 3 is 2.64 bits per heavy atom. The van der Waals surface area contributed by atoms with Gasteiger partial charge < -0.3 is 10.1 Å². The molecule has 0 radical (unpaired) electrons. The number of esters is 1. The average Bonchev–Trinajstić information content (AvgIpc) is 2.84. The van der Waals surface area contributed by atoms with Crippen LogP contribution in [0.2, 0.25) is 0 Å². The van der Waals surface area contributed by atoms with Gasteiger partial charge in [-0.3, -0.25) is 4.79 Å². The van der Waals surface area contributed by atoms with Gasteiger partial charge in [-0.15, -0.1) is 10.2 Å². The zero-order chi connectivity index (χ0) is 16.1. The molecule has 1 atom stereocenters. The highest BCUT2D eigenvalue weighted by Crippen LogP contribution is 2.31. The molecule has 0 saturated heterocycles. The van der Waals surface area contributed by atoms with E-state index in [-0.39, 0.29) is 11.2 Å². The molecular formula is C15H19N3O2S2. The van der Waals surface area contributed by atoms with Crippen LogP contribution in [0.4, 0.5) is 10.8 Å². The Morgan fingerprint density at radius 2 is 2.00 bits per heavy atom. The Balaban J connectivity index is 2.00. The number of hydrogen-bond acceptors (Lipinski definition) is 7. The first-order chi connectivity index (χ1) is 10.5. The van der Waals surface area contributed by atoms with Gasteiger partial charge in [0.15, 0.2) is 4.34 Å². The van der Waals surface area contributed by atoms with Crippen molar-refractivity contribution in [2.45, 2.75) is 37.3 Å². The van der Waals surface area contributed by atoms with Crippen molar-refractivity contribution < 1.29 is 9.53 Å². The van der Waals surface area contributed by atoms with E-state index in [0.717, 1.165) is 10.0 Å². The number of aromatic nitrogens is 2. The lowest BCUT2D eigenvalue weighted by atomic mass is 10.1. The minimum absolute atomic E-state index is 0.230. The van der Waals surface area contributed by atoms with Crippen molar-refractivity contribution in [2.24, 2.45) is 0 Å². The molecule has 0 aliphatic rings. The van der Waals surface area contributed by atoms with Gasteiger partial charge in [-0.2, -0.15) is 0 Å². The SMILES string of the molecule is CCOC(=O)C(C)Sc1nnc(Nc2cc(C)cc(C)c2)s1. The topological polar surface area (TPSA) is 64.1 Å². The summed E-state index contributed by atoms with van der Waals surface area (Å²) in [6.07, 6.45) is 0. The van der Waals surface area contributed by atoms with Gasteiger partial charge in [0.2, 0.25) is 5.13 Å². The van der Waals surface area contributed by atoms with Crippen molar-refractivity contribution in [2.75, 3.05) is 11.9 Å². The molecule has 7 heteroatoms. The lowest BCUT2D eigenvalue weighted by Crippen LogP contribution is -2.16. The monoisotopic (exact) mass is 337 g/mol. The summed E-state index contributed by atoms with van der Waals surface area (Å²) in [5, 5.41) is 11.9. The van der Waals surface area contributed by atoms with Gasteiger partial charge in [-0.05, 0) is 51.0 Å². The fourth-order valence-corrected chi connectivity index (χ4v) is 3.85. The summed E-state index contributed by atoms with van der Waals surface area (Å²) >= 11 is 2.78. The van der Waals surface area contributed by atoms with Crippen molar-refractivity contribution in [1.82, 2.24) is 10.2 Å². The van der Waals surface area contributed by atoms with Gasteiger partial charge in [0, 0.05) is 5.69 Å². The number of ether oxygens (including phenoxy) is 1. The quantitative estimate of drug-likeness (QED) is 0.636. The van der Waals surface area contributed by atoms with Crippen LogP contribution in [0.25, 0.3) is 0 Å². The summed E-state index contributed by atoms with van der Waals surface area (Å²) in [5.41, 5.74) is 3.37. The Morgan fingerprint density at radius 1 is 1.32 bits per heavy atom. The molecule has 0 amide bonds. The van der Waals surface area contributed by atoms with Gasteiger partial charge in [0.1, 0.15) is 5.25 Å². The molecule has 1 heterocycles. The number of rotatable bonds is 6. The maximum atomic E-state index is 11.6. The number of anilines is 2. The number of carbonyl (C=O) groups is 1. The van der Waals surface area contributed by atoms with E-state index in [1.165, 1.54) is 34.2 Å². The predicted molar refractivity (Wildman–Crippen MR) is 91.1 cm³/mol. The predicted octanol–water partition coefficient (Wildman–Crippen LogP) is 3.94. The number of aryl methyl sites for hydroxylation is 2. The first-order valence-electron chi connectivity index (χ1n) is 7.00. The Hall–Kier alpha value is -1.60. The third kappa shape index (κ3) is 4.71. The molecule has 1 aromatic carbocycles. The maximum Gasteiger partial charge on any atom is 0.319 e. The van der Waals surface area contributed by atoms with Crippen LogP contribution >= 0.6 is 23.1 Å². The van der Waals surface area contributed by atoms with Gasteiger partial charge in [-0.25, -0.2) is 0 Å². The van der Waals surface area contributed by atoms with E-state index in [9.17, 15) is 4.79 Å². The van der Waals surface area contributed by atoms with Crippen LogP contribution in [0, 0.1) is 13.8 Å². The number of benzene rings is 1. The zero-order valence-corrected chi connectivity index (χ0v) is 14.7. The highest BCUT2D eigenvalue weighted by molar-refractivity contribution is 8.02. The summed E-state index contributed by atoms with van der Waals surface area (Å²) in [7, 11) is 0. The molecule has 0 aliphatic heterocycles. The summed E-state index contributed by atoms with van der Waals surface area (Å²) in [6.45, 7) is 8.10. The van der Waals surface area contributed by atoms with E-state index in [0.29, 0.717) is 11.7 Å². The molecule has 2 rings (SSSR count). The highest BCUT2D eigenvalue weighted by Gasteiger charge is 2.18. The number of hydrogen-bond donors (Lipinski definition) is 1. The second-order valence-corrected chi connectivity index (χ2v) is 7.45. The molecule has 0 aliphatic carbocycles. The highest BCUT2D eigenvalue weighted by atomic mass is 32.2. The van der Waals surface area contributed by atoms with Crippen molar-refractivity contribution in [3.05, 3.63) is 29.3 Å². The largest absolute Gasteiger partial charge is 0.465 e. The number of nitrogens with zero attached hydrogens (tertiary/aromatic N) is 2. The van der Waals surface area contributed by atoms with Gasteiger partial charge >= 0.3 is 5.97 Å². The molecule has 0 fully saturated rings. The first kappa shape index (κ1) is 16.8. The lowest BCUT2D eigenvalue weighted by Gasteiger charge is -2.07. The van der Waals surface area contributed by atoms with E-state index < -0.39 is 0 Å². The molecular weight excluding hydrogens is 318 g/mol. The molecule has 2 aromatic rings. The van der Waals surface area contributed by atoms with Crippen LogP contribution in [-0.4, -0.2) is 28.0 Å². The number of carbonyl (C=O) groups excluding carboxylic acids is 1. The Kier molecular flexibility index (Phi) is 5.79. The van der Waals surface area contributed by atoms with Gasteiger partial charge in [0.25, 0.3) is 0 Å². The molecule has 1 aromatic heterocycles. The molecule has 5 nitrogen and oxygen atoms in total. The standard InChI is InChI=1S/C15H19N3O2S2/c1-5-20-13(19)11(4)21-15-18-17-14(22-15)16-12-7-9(2)6-10(3)8-12/h6-8,11H,5H2,1-4H3,(H,16,17).